The maximum Gasteiger partial charge on any atom is 0.287 e. The monoisotopic (exact) mass is 389 g/mol. The minimum atomic E-state index is -3.01. The van der Waals surface area contributed by atoms with E-state index in [1.54, 1.807) is 7.11 Å². The van der Waals surface area contributed by atoms with Gasteiger partial charge in [-0.2, -0.15) is 0 Å². The number of anilines is 1. The number of ether oxygens (including phenoxy) is 1. The number of quaternary nitrogens is 1. The molecule has 0 spiro atoms. The van der Waals surface area contributed by atoms with E-state index in [1.807, 2.05) is 60.8 Å². The molecular formula is C20H25N2O4S+. The van der Waals surface area contributed by atoms with Crippen LogP contribution in [0.2, 0.25) is 0 Å². The first-order valence-electron chi connectivity index (χ1n) is 8.94. The fraction of sp³-hybridized carbons (Fsp3) is 0.350. The Labute approximate surface area is 159 Å². The normalized spacial score (nSPS) is 19.4. The smallest absolute Gasteiger partial charge is 0.287 e. The minimum absolute atomic E-state index is 0.109. The molecule has 6 nitrogen and oxygen atoms in total. The van der Waals surface area contributed by atoms with Gasteiger partial charge in [-0.05, 0) is 24.6 Å². The van der Waals surface area contributed by atoms with Crippen molar-refractivity contribution in [2.24, 2.45) is 0 Å². The first-order chi connectivity index (χ1) is 12.9. The second kappa shape index (κ2) is 8.10. The lowest BCUT2D eigenvalue weighted by Crippen LogP contribution is -2.93. The fourth-order valence-corrected chi connectivity index (χ4v) is 5.15. The third-order valence-corrected chi connectivity index (χ3v) is 6.58. The Kier molecular flexibility index (Phi) is 5.82. The summed E-state index contributed by atoms with van der Waals surface area (Å²) in [5.41, 5.74) is 2.45. The second-order valence-corrected chi connectivity index (χ2v) is 9.17. The molecular weight excluding hydrogens is 364 g/mol. The number of hydrogen-bond donors (Lipinski definition) is 2. The van der Waals surface area contributed by atoms with Crippen molar-refractivity contribution in [3.05, 3.63) is 59.7 Å². The van der Waals surface area contributed by atoms with E-state index in [2.05, 4.69) is 5.32 Å². The Morgan fingerprint density at radius 3 is 2.59 bits per heavy atom. The molecule has 2 atom stereocenters. The molecule has 2 aromatic carbocycles. The highest BCUT2D eigenvalue weighted by atomic mass is 32.2. The van der Waals surface area contributed by atoms with Gasteiger partial charge in [0, 0.05) is 12.0 Å². The molecule has 144 valence electrons. The predicted molar refractivity (Wildman–Crippen MR) is 105 cm³/mol. The van der Waals surface area contributed by atoms with Gasteiger partial charge in [0.05, 0.1) is 18.6 Å². The zero-order valence-corrected chi connectivity index (χ0v) is 16.3. The van der Waals surface area contributed by atoms with Crippen LogP contribution in [0.5, 0.6) is 5.75 Å². The van der Waals surface area contributed by atoms with Crippen LogP contribution in [0.15, 0.2) is 48.5 Å². The number of methoxy groups -OCH3 is 1. The molecule has 0 aromatic heterocycles. The van der Waals surface area contributed by atoms with Crippen LogP contribution in [0.25, 0.3) is 0 Å². The molecule has 1 heterocycles. The zero-order chi connectivity index (χ0) is 19.4. The third-order valence-electron chi connectivity index (χ3n) is 4.79. The van der Waals surface area contributed by atoms with Crippen LogP contribution in [0, 0.1) is 6.92 Å². The van der Waals surface area contributed by atoms with Crippen LogP contribution in [0.1, 0.15) is 23.6 Å². The van der Waals surface area contributed by atoms with E-state index in [9.17, 15) is 13.2 Å². The van der Waals surface area contributed by atoms with Gasteiger partial charge in [-0.25, -0.2) is 8.42 Å². The molecule has 27 heavy (non-hydrogen) atoms. The SMILES string of the molecule is COc1ccc(C)cc1NC(=O)[C@@H]([NH2+][C@@H]1CCS(=O)(=O)C1)c1ccccc1. The molecule has 1 aliphatic heterocycles. The van der Waals surface area contributed by atoms with E-state index in [-0.39, 0.29) is 23.5 Å². The van der Waals surface area contributed by atoms with E-state index in [1.165, 1.54) is 0 Å². The lowest BCUT2D eigenvalue weighted by molar-refractivity contribution is -0.710. The molecule has 2 aromatic rings. The van der Waals surface area contributed by atoms with Crippen molar-refractivity contribution >= 4 is 21.4 Å². The molecule has 1 saturated heterocycles. The topological polar surface area (TPSA) is 89.1 Å². The van der Waals surface area contributed by atoms with Crippen LogP contribution in [-0.2, 0) is 14.6 Å². The van der Waals surface area contributed by atoms with E-state index in [0.29, 0.717) is 17.9 Å². The Balaban J connectivity index is 1.84. The molecule has 0 radical (unpaired) electrons. The summed E-state index contributed by atoms with van der Waals surface area (Å²) in [6, 6.07) is 14.4. The number of nitrogens with one attached hydrogen (secondary N) is 1. The standard InChI is InChI=1S/C20H24N2O4S/c1-14-8-9-18(26-2)17(12-14)22-20(23)19(15-6-4-3-5-7-15)21-16-10-11-27(24,25)13-16/h3-9,12,16,19,21H,10-11,13H2,1-2H3,(H,22,23)/p+1/t16-,19+/m1/s1. The summed E-state index contributed by atoms with van der Waals surface area (Å²) in [6.07, 6.45) is 0.562. The molecule has 1 amide bonds. The van der Waals surface area contributed by atoms with Gasteiger partial charge in [-0.3, -0.25) is 4.79 Å². The van der Waals surface area contributed by atoms with Crippen molar-refractivity contribution in [1.82, 2.24) is 0 Å². The number of amides is 1. The summed E-state index contributed by atoms with van der Waals surface area (Å²) in [5.74, 6) is 0.680. The highest BCUT2D eigenvalue weighted by molar-refractivity contribution is 7.91. The largest absolute Gasteiger partial charge is 0.495 e. The highest BCUT2D eigenvalue weighted by Gasteiger charge is 2.35. The van der Waals surface area contributed by atoms with Gasteiger partial charge in [0.25, 0.3) is 5.91 Å². The minimum Gasteiger partial charge on any atom is -0.495 e. The summed E-state index contributed by atoms with van der Waals surface area (Å²) >= 11 is 0. The fourth-order valence-electron chi connectivity index (χ4n) is 3.39. The molecule has 1 fully saturated rings. The van der Waals surface area contributed by atoms with Gasteiger partial charge in [0.15, 0.2) is 15.9 Å². The van der Waals surface area contributed by atoms with Crippen LogP contribution < -0.4 is 15.4 Å². The number of sulfone groups is 1. The number of hydrogen-bond acceptors (Lipinski definition) is 4. The molecule has 0 unspecified atom stereocenters. The average molecular weight is 389 g/mol. The van der Waals surface area contributed by atoms with E-state index < -0.39 is 15.9 Å². The summed E-state index contributed by atoms with van der Waals surface area (Å²) in [6.45, 7) is 1.94. The van der Waals surface area contributed by atoms with E-state index >= 15 is 0 Å². The number of rotatable bonds is 6. The highest BCUT2D eigenvalue weighted by Crippen LogP contribution is 2.26. The Hall–Kier alpha value is -2.38. The Bertz CT molecular complexity index is 913. The Morgan fingerprint density at radius 1 is 1.22 bits per heavy atom. The maximum atomic E-state index is 13.1. The number of aryl methyl sites for hydroxylation is 1. The van der Waals surface area contributed by atoms with Gasteiger partial charge in [0.2, 0.25) is 0 Å². The van der Waals surface area contributed by atoms with Crippen molar-refractivity contribution in [2.75, 3.05) is 23.9 Å². The first kappa shape index (κ1) is 19.4. The third kappa shape index (κ3) is 4.87. The number of carbonyl (C=O) groups excluding carboxylic acids is 1. The van der Waals surface area contributed by atoms with Gasteiger partial charge < -0.3 is 15.4 Å². The lowest BCUT2D eigenvalue weighted by Gasteiger charge is -2.20. The van der Waals surface area contributed by atoms with E-state index in [4.69, 9.17) is 4.74 Å². The van der Waals surface area contributed by atoms with Gasteiger partial charge >= 0.3 is 0 Å². The van der Waals surface area contributed by atoms with Crippen molar-refractivity contribution < 1.29 is 23.3 Å². The molecule has 1 aliphatic rings. The summed E-state index contributed by atoms with van der Waals surface area (Å²) in [5, 5.41) is 4.82. The van der Waals surface area contributed by atoms with Crippen LogP contribution in [0.4, 0.5) is 5.69 Å². The average Bonchev–Trinajstić information content (AvgIpc) is 2.99. The molecule has 7 heteroatoms. The number of carbonyl (C=O) groups is 1. The molecule has 0 aliphatic carbocycles. The van der Waals surface area contributed by atoms with Crippen LogP contribution in [0.3, 0.4) is 0 Å². The zero-order valence-electron chi connectivity index (χ0n) is 15.5. The Morgan fingerprint density at radius 2 is 1.96 bits per heavy atom. The van der Waals surface area contributed by atoms with Gasteiger partial charge in [-0.15, -0.1) is 0 Å². The molecule has 3 N–H and O–H groups in total. The molecule has 0 bridgehead atoms. The summed E-state index contributed by atoms with van der Waals surface area (Å²) in [7, 11) is -1.45. The van der Waals surface area contributed by atoms with E-state index in [0.717, 1.165) is 11.1 Å². The van der Waals surface area contributed by atoms with Crippen molar-refractivity contribution in [3.8, 4) is 5.75 Å². The van der Waals surface area contributed by atoms with Crippen molar-refractivity contribution in [2.45, 2.75) is 25.4 Å². The van der Waals surface area contributed by atoms with Crippen LogP contribution >= 0.6 is 0 Å². The number of nitrogens with two attached hydrogens (primary N) is 1. The maximum absolute atomic E-state index is 13.1. The van der Waals surface area contributed by atoms with Gasteiger partial charge in [0.1, 0.15) is 17.5 Å². The van der Waals surface area contributed by atoms with Crippen LogP contribution in [-0.4, -0.2) is 39.0 Å². The second-order valence-electron chi connectivity index (χ2n) is 6.94. The quantitative estimate of drug-likeness (QED) is 0.782. The van der Waals surface area contributed by atoms with Crippen molar-refractivity contribution in [1.29, 1.82) is 0 Å². The summed E-state index contributed by atoms with van der Waals surface area (Å²) in [4.78, 5) is 13.1. The predicted octanol–water partition coefficient (Wildman–Crippen LogP) is 1.43. The van der Waals surface area contributed by atoms with Gasteiger partial charge in [-0.1, -0.05) is 36.4 Å². The number of benzene rings is 2. The van der Waals surface area contributed by atoms with Crippen molar-refractivity contribution in [3.63, 3.8) is 0 Å². The first-order valence-corrected chi connectivity index (χ1v) is 10.8. The lowest BCUT2D eigenvalue weighted by atomic mass is 10.0. The summed E-state index contributed by atoms with van der Waals surface area (Å²) < 4.78 is 29.0. The molecule has 0 saturated carbocycles. The molecule has 3 rings (SSSR count).